The molecule has 0 bridgehead atoms. The Kier molecular flexibility index (Phi) is 6.08. The average Bonchev–Trinajstić information content (AvgIpc) is 3.42. The fourth-order valence-corrected chi connectivity index (χ4v) is 3.80. The monoisotopic (exact) mass is 400 g/mol. The van der Waals surface area contributed by atoms with Crippen LogP contribution in [0.4, 0.5) is 5.00 Å². The highest BCUT2D eigenvalue weighted by Crippen LogP contribution is 2.32. The molecular formula is C22H28N2O3S. The molecule has 2 amide bonds. The maximum atomic E-state index is 12.4. The van der Waals surface area contributed by atoms with E-state index in [2.05, 4.69) is 43.5 Å². The van der Waals surface area contributed by atoms with Gasteiger partial charge in [0.2, 0.25) is 5.91 Å². The SMILES string of the molecule is Cc1cc(NC(=O)C2CC2)sc1C(=O)NCCOc1ccc(C(C)(C)C)cc1. The van der Waals surface area contributed by atoms with Gasteiger partial charge in [-0.25, -0.2) is 0 Å². The molecule has 3 rings (SSSR count). The van der Waals surface area contributed by atoms with Crippen LogP contribution < -0.4 is 15.4 Å². The van der Waals surface area contributed by atoms with E-state index in [0.29, 0.717) is 18.0 Å². The van der Waals surface area contributed by atoms with E-state index in [1.807, 2.05) is 25.1 Å². The van der Waals surface area contributed by atoms with E-state index in [-0.39, 0.29) is 23.1 Å². The van der Waals surface area contributed by atoms with Crippen LogP contribution in [0, 0.1) is 12.8 Å². The molecule has 0 aliphatic heterocycles. The number of ether oxygens (including phenoxy) is 1. The van der Waals surface area contributed by atoms with E-state index >= 15 is 0 Å². The van der Waals surface area contributed by atoms with E-state index in [9.17, 15) is 9.59 Å². The topological polar surface area (TPSA) is 67.4 Å². The van der Waals surface area contributed by atoms with Crippen LogP contribution in [0.5, 0.6) is 5.75 Å². The number of aryl methyl sites for hydroxylation is 1. The van der Waals surface area contributed by atoms with E-state index in [4.69, 9.17) is 4.74 Å². The summed E-state index contributed by atoms with van der Waals surface area (Å²) in [5.74, 6) is 0.856. The Bertz CT molecular complexity index is 846. The molecule has 5 nitrogen and oxygen atoms in total. The first-order valence-electron chi connectivity index (χ1n) is 9.67. The Morgan fingerprint density at radius 2 is 1.86 bits per heavy atom. The molecule has 1 aromatic heterocycles. The Morgan fingerprint density at radius 1 is 1.18 bits per heavy atom. The standard InChI is InChI=1S/C22H28N2O3S/c1-14-13-18(24-20(25)15-5-6-15)28-19(14)21(26)23-11-12-27-17-9-7-16(8-10-17)22(2,3)4/h7-10,13,15H,5-6,11-12H2,1-4H3,(H,23,26)(H,24,25). The molecule has 150 valence electrons. The average molecular weight is 401 g/mol. The van der Waals surface area contributed by atoms with Crippen molar-refractivity contribution in [1.29, 1.82) is 0 Å². The first-order valence-corrected chi connectivity index (χ1v) is 10.5. The normalized spacial score (nSPS) is 13.9. The van der Waals surface area contributed by atoms with Crippen LogP contribution in [0.3, 0.4) is 0 Å². The molecule has 0 spiro atoms. The highest BCUT2D eigenvalue weighted by molar-refractivity contribution is 7.18. The van der Waals surface area contributed by atoms with Crippen molar-refractivity contribution in [2.24, 2.45) is 5.92 Å². The quantitative estimate of drug-likeness (QED) is 0.672. The summed E-state index contributed by atoms with van der Waals surface area (Å²) in [5, 5.41) is 6.51. The van der Waals surface area contributed by atoms with Gasteiger partial charge in [-0.15, -0.1) is 11.3 Å². The second kappa shape index (κ2) is 8.35. The number of hydrogen-bond acceptors (Lipinski definition) is 4. The molecule has 0 radical (unpaired) electrons. The molecule has 2 N–H and O–H groups in total. The van der Waals surface area contributed by atoms with Gasteiger partial charge in [-0.2, -0.15) is 0 Å². The number of rotatable bonds is 7. The van der Waals surface area contributed by atoms with Gasteiger partial charge in [0.05, 0.1) is 16.4 Å². The lowest BCUT2D eigenvalue weighted by Crippen LogP contribution is -2.27. The molecule has 0 atom stereocenters. The highest BCUT2D eigenvalue weighted by Gasteiger charge is 2.30. The lowest BCUT2D eigenvalue weighted by molar-refractivity contribution is -0.117. The Labute approximate surface area is 170 Å². The van der Waals surface area contributed by atoms with Crippen LogP contribution in [0.2, 0.25) is 0 Å². The third kappa shape index (κ3) is 5.35. The smallest absolute Gasteiger partial charge is 0.261 e. The summed E-state index contributed by atoms with van der Waals surface area (Å²) in [7, 11) is 0. The van der Waals surface area contributed by atoms with Crippen molar-refractivity contribution in [3.8, 4) is 5.75 Å². The molecule has 28 heavy (non-hydrogen) atoms. The van der Waals surface area contributed by atoms with E-state index < -0.39 is 0 Å². The summed E-state index contributed by atoms with van der Waals surface area (Å²) in [6.45, 7) is 9.22. The summed E-state index contributed by atoms with van der Waals surface area (Å²) in [6.07, 6.45) is 1.92. The van der Waals surface area contributed by atoms with Crippen LogP contribution in [0.25, 0.3) is 0 Å². The van der Waals surface area contributed by atoms with Crippen molar-refractivity contribution < 1.29 is 14.3 Å². The predicted molar refractivity (Wildman–Crippen MR) is 113 cm³/mol. The molecule has 1 fully saturated rings. The predicted octanol–water partition coefficient (Wildman–Crippen LogP) is 4.51. The molecule has 0 unspecified atom stereocenters. The zero-order valence-corrected chi connectivity index (χ0v) is 17.7. The second-order valence-electron chi connectivity index (χ2n) is 8.27. The Hall–Kier alpha value is -2.34. The summed E-state index contributed by atoms with van der Waals surface area (Å²) in [5.41, 5.74) is 2.24. The molecule has 1 aromatic carbocycles. The van der Waals surface area contributed by atoms with Gasteiger partial charge < -0.3 is 15.4 Å². The fraction of sp³-hybridized carbons (Fsp3) is 0.455. The van der Waals surface area contributed by atoms with Gasteiger partial charge in [-0.05, 0) is 54.5 Å². The third-order valence-electron chi connectivity index (χ3n) is 4.70. The molecule has 1 heterocycles. The number of anilines is 1. The molecular weight excluding hydrogens is 372 g/mol. The number of carbonyl (C=O) groups is 2. The van der Waals surface area contributed by atoms with Crippen molar-refractivity contribution in [3.05, 3.63) is 46.3 Å². The number of hydrogen-bond donors (Lipinski definition) is 2. The number of amides is 2. The van der Waals surface area contributed by atoms with Gasteiger partial charge in [0.1, 0.15) is 12.4 Å². The minimum atomic E-state index is -0.138. The van der Waals surface area contributed by atoms with Crippen LogP contribution in [-0.2, 0) is 10.2 Å². The molecule has 6 heteroatoms. The van der Waals surface area contributed by atoms with Crippen LogP contribution in [0.15, 0.2) is 30.3 Å². The molecule has 1 aliphatic carbocycles. The van der Waals surface area contributed by atoms with Crippen molar-refractivity contribution in [2.75, 3.05) is 18.5 Å². The van der Waals surface area contributed by atoms with E-state index in [0.717, 1.165) is 29.2 Å². The number of thiophene rings is 1. The molecule has 1 aliphatic rings. The van der Waals surface area contributed by atoms with Gasteiger partial charge in [0.15, 0.2) is 0 Å². The molecule has 0 saturated heterocycles. The minimum absolute atomic E-state index is 0.0547. The third-order valence-corrected chi connectivity index (χ3v) is 5.85. The Morgan fingerprint density at radius 3 is 2.46 bits per heavy atom. The molecule has 1 saturated carbocycles. The van der Waals surface area contributed by atoms with Crippen molar-refractivity contribution in [1.82, 2.24) is 5.32 Å². The minimum Gasteiger partial charge on any atom is -0.492 e. The Balaban J connectivity index is 1.45. The first kappa shape index (κ1) is 20.4. The molecule has 2 aromatic rings. The lowest BCUT2D eigenvalue weighted by atomic mass is 9.87. The second-order valence-corrected chi connectivity index (χ2v) is 9.32. The maximum absolute atomic E-state index is 12.4. The summed E-state index contributed by atoms with van der Waals surface area (Å²) < 4.78 is 5.71. The largest absolute Gasteiger partial charge is 0.492 e. The summed E-state index contributed by atoms with van der Waals surface area (Å²) in [6, 6.07) is 9.91. The lowest BCUT2D eigenvalue weighted by Gasteiger charge is -2.19. The van der Waals surface area contributed by atoms with Crippen molar-refractivity contribution >= 4 is 28.2 Å². The van der Waals surface area contributed by atoms with Crippen LogP contribution >= 0.6 is 11.3 Å². The zero-order valence-electron chi connectivity index (χ0n) is 16.9. The van der Waals surface area contributed by atoms with Gasteiger partial charge >= 0.3 is 0 Å². The van der Waals surface area contributed by atoms with Crippen LogP contribution in [0.1, 0.15) is 54.4 Å². The highest BCUT2D eigenvalue weighted by atomic mass is 32.1. The summed E-state index contributed by atoms with van der Waals surface area (Å²) >= 11 is 1.31. The van der Waals surface area contributed by atoms with Gasteiger partial charge in [0, 0.05) is 5.92 Å². The van der Waals surface area contributed by atoms with Crippen molar-refractivity contribution in [2.45, 2.75) is 46.0 Å². The zero-order chi connectivity index (χ0) is 20.3. The van der Waals surface area contributed by atoms with E-state index in [1.165, 1.54) is 16.9 Å². The maximum Gasteiger partial charge on any atom is 0.261 e. The summed E-state index contributed by atoms with van der Waals surface area (Å²) in [4.78, 5) is 24.9. The number of carbonyl (C=O) groups excluding carboxylic acids is 2. The van der Waals surface area contributed by atoms with E-state index in [1.54, 1.807) is 0 Å². The van der Waals surface area contributed by atoms with Crippen LogP contribution in [-0.4, -0.2) is 25.0 Å². The number of nitrogens with one attached hydrogen (secondary N) is 2. The number of benzene rings is 1. The van der Waals surface area contributed by atoms with Crippen molar-refractivity contribution in [3.63, 3.8) is 0 Å². The van der Waals surface area contributed by atoms with Gasteiger partial charge in [0.25, 0.3) is 5.91 Å². The first-order chi connectivity index (χ1) is 13.2. The van der Waals surface area contributed by atoms with Gasteiger partial charge in [-0.1, -0.05) is 32.9 Å². The fourth-order valence-electron chi connectivity index (χ4n) is 2.80. The van der Waals surface area contributed by atoms with Gasteiger partial charge in [-0.3, -0.25) is 9.59 Å².